The van der Waals surface area contributed by atoms with E-state index >= 15 is 0 Å². The third kappa shape index (κ3) is 4.99. The maximum Gasteiger partial charge on any atom is 0.338 e. The number of carbonyl (C=O) groups is 1. The summed E-state index contributed by atoms with van der Waals surface area (Å²) in [6, 6.07) is 30.5. The molecule has 1 atom stereocenters. The van der Waals surface area contributed by atoms with Crippen LogP contribution in [0.3, 0.4) is 0 Å². The zero-order chi connectivity index (χ0) is 30.4. The van der Waals surface area contributed by atoms with Crippen LogP contribution in [0.5, 0.6) is 0 Å². The lowest BCUT2D eigenvalue weighted by atomic mass is 9.93. The van der Waals surface area contributed by atoms with Crippen LogP contribution >= 0.6 is 34.7 Å². The minimum absolute atomic E-state index is 0.193. The maximum atomic E-state index is 14.2. The Hall–Kier alpha value is -4.37. The molecule has 0 radical (unpaired) electrons. The molecule has 2 aliphatic heterocycles. The molecule has 44 heavy (non-hydrogen) atoms. The van der Waals surface area contributed by atoms with Crippen LogP contribution in [-0.2, 0) is 9.53 Å². The fraction of sp³-hybridized carbons (Fsp3) is 0.114. The van der Waals surface area contributed by atoms with Gasteiger partial charge in [0.1, 0.15) is 0 Å². The Morgan fingerprint density at radius 1 is 0.955 bits per heavy atom. The van der Waals surface area contributed by atoms with Crippen LogP contribution in [0.25, 0.3) is 11.8 Å². The van der Waals surface area contributed by atoms with Gasteiger partial charge >= 0.3 is 5.97 Å². The molecule has 0 saturated heterocycles. The lowest BCUT2D eigenvalue weighted by Crippen LogP contribution is -2.40. The summed E-state index contributed by atoms with van der Waals surface area (Å²) < 4.78 is 7.67. The molecule has 0 saturated carbocycles. The van der Waals surface area contributed by atoms with E-state index in [1.54, 1.807) is 35.4 Å². The first-order valence-corrected chi connectivity index (χ1v) is 16.1. The molecular weight excluding hydrogens is 610 g/mol. The molecule has 0 aliphatic carbocycles. The topological polar surface area (TPSA) is 63.9 Å². The van der Waals surface area contributed by atoms with Crippen LogP contribution in [0, 0.1) is 0 Å². The van der Waals surface area contributed by atoms with E-state index in [0.717, 1.165) is 27.3 Å². The molecule has 0 bridgehead atoms. The van der Waals surface area contributed by atoms with Crippen LogP contribution < -0.4 is 19.8 Å². The fourth-order valence-electron chi connectivity index (χ4n) is 5.60. The molecule has 1 aromatic heterocycles. The Morgan fingerprint density at radius 3 is 2.45 bits per heavy atom. The van der Waals surface area contributed by atoms with Crippen molar-refractivity contribution in [3.8, 4) is 0 Å². The number of nitrogens with zero attached hydrogens (tertiary/aromatic N) is 3. The van der Waals surface area contributed by atoms with E-state index in [-0.39, 0.29) is 12.2 Å². The molecule has 4 aromatic carbocycles. The Bertz CT molecular complexity index is 2140. The van der Waals surface area contributed by atoms with Crippen molar-refractivity contribution in [2.45, 2.75) is 22.8 Å². The molecule has 0 amide bonds. The number of halogens is 1. The molecule has 5 aromatic rings. The van der Waals surface area contributed by atoms with Crippen LogP contribution in [0.1, 0.15) is 29.7 Å². The number of thiazole rings is 1. The standard InChI is InChI=1S/C35H26ClN3O3S2/c1-3-42-34(41)30-31(22-9-5-4-6-10-22)37-35-39(32(30)23-14-16-24(36)17-15-23)33(40)29(44-35)20-21-13-18-26-28(19-21)43-27-12-8-7-11-25(27)38(26)2/h4-20,32H,3H2,1-2H3/b29-20+/t32-/m1/s1. The normalized spacial score (nSPS) is 15.8. The van der Waals surface area contributed by atoms with Gasteiger partial charge in [-0.2, -0.15) is 0 Å². The Labute approximate surface area is 267 Å². The summed E-state index contributed by atoms with van der Waals surface area (Å²) in [5, 5.41) is 0.560. The highest BCUT2D eigenvalue weighted by Gasteiger charge is 2.35. The number of anilines is 2. The summed E-state index contributed by atoms with van der Waals surface area (Å²) in [7, 11) is 2.07. The smallest absolute Gasteiger partial charge is 0.338 e. The largest absolute Gasteiger partial charge is 0.463 e. The van der Waals surface area contributed by atoms with Gasteiger partial charge in [0.15, 0.2) is 4.80 Å². The molecule has 6 nitrogen and oxygen atoms in total. The zero-order valence-corrected chi connectivity index (χ0v) is 26.2. The maximum absolute atomic E-state index is 14.2. The molecule has 0 fully saturated rings. The molecule has 2 aliphatic rings. The zero-order valence-electron chi connectivity index (χ0n) is 23.9. The fourth-order valence-corrected chi connectivity index (χ4v) is 7.92. The molecular formula is C35H26ClN3O3S2. The summed E-state index contributed by atoms with van der Waals surface area (Å²) in [6.07, 6.45) is 1.90. The number of hydrogen-bond acceptors (Lipinski definition) is 7. The van der Waals surface area contributed by atoms with E-state index < -0.39 is 12.0 Å². The van der Waals surface area contributed by atoms with Gasteiger partial charge in [-0.25, -0.2) is 9.79 Å². The molecule has 218 valence electrons. The van der Waals surface area contributed by atoms with Gasteiger partial charge in [0.25, 0.3) is 5.56 Å². The number of rotatable bonds is 5. The van der Waals surface area contributed by atoms with Crippen LogP contribution in [0.4, 0.5) is 11.4 Å². The average Bonchev–Trinajstić information content (AvgIpc) is 3.35. The lowest BCUT2D eigenvalue weighted by Gasteiger charge is -2.29. The summed E-state index contributed by atoms with van der Waals surface area (Å²) in [4.78, 5) is 37.7. The van der Waals surface area contributed by atoms with Gasteiger partial charge in [0, 0.05) is 27.4 Å². The predicted molar refractivity (Wildman–Crippen MR) is 178 cm³/mol. The number of benzene rings is 4. The molecule has 7 rings (SSSR count). The first-order valence-electron chi connectivity index (χ1n) is 14.1. The molecule has 0 N–H and O–H groups in total. The number of aromatic nitrogens is 1. The van der Waals surface area contributed by atoms with Crippen molar-refractivity contribution in [1.29, 1.82) is 0 Å². The summed E-state index contributed by atoms with van der Waals surface area (Å²) >= 11 is 9.27. The van der Waals surface area contributed by atoms with Crippen molar-refractivity contribution in [3.63, 3.8) is 0 Å². The SMILES string of the molecule is CCOC(=O)C1=C(c2ccccc2)N=c2s/c(=C/c3ccc4c(c3)Sc3ccccc3N4C)c(=O)n2[C@@H]1c1ccc(Cl)cc1. The van der Waals surface area contributed by atoms with Crippen molar-refractivity contribution >= 4 is 63.8 Å². The van der Waals surface area contributed by atoms with Gasteiger partial charge in [0.2, 0.25) is 0 Å². The monoisotopic (exact) mass is 635 g/mol. The highest BCUT2D eigenvalue weighted by Crippen LogP contribution is 2.47. The summed E-state index contributed by atoms with van der Waals surface area (Å²) in [5.74, 6) is -0.513. The van der Waals surface area contributed by atoms with E-state index in [1.165, 1.54) is 21.9 Å². The number of hydrogen-bond donors (Lipinski definition) is 0. The lowest BCUT2D eigenvalue weighted by molar-refractivity contribution is -0.138. The van der Waals surface area contributed by atoms with Gasteiger partial charge in [-0.3, -0.25) is 9.36 Å². The molecule has 9 heteroatoms. The number of ether oxygens (including phenoxy) is 1. The second kappa shape index (κ2) is 11.6. The van der Waals surface area contributed by atoms with E-state index in [2.05, 4.69) is 36.2 Å². The van der Waals surface area contributed by atoms with E-state index in [0.29, 0.717) is 25.6 Å². The molecule has 0 spiro atoms. The number of fused-ring (bicyclic) bond motifs is 3. The van der Waals surface area contributed by atoms with Crippen molar-refractivity contribution in [2.24, 2.45) is 4.99 Å². The van der Waals surface area contributed by atoms with E-state index in [9.17, 15) is 9.59 Å². The minimum Gasteiger partial charge on any atom is -0.463 e. The average molecular weight is 636 g/mol. The van der Waals surface area contributed by atoms with Crippen molar-refractivity contribution in [3.05, 3.63) is 144 Å². The van der Waals surface area contributed by atoms with Crippen LogP contribution in [0.2, 0.25) is 5.02 Å². The second-order valence-corrected chi connectivity index (χ2v) is 12.9. The first-order chi connectivity index (χ1) is 21.4. The third-order valence-corrected chi connectivity index (χ3v) is 10.00. The Morgan fingerprint density at radius 2 is 1.68 bits per heavy atom. The van der Waals surface area contributed by atoms with Crippen molar-refractivity contribution < 1.29 is 9.53 Å². The van der Waals surface area contributed by atoms with Crippen LogP contribution in [-0.4, -0.2) is 24.2 Å². The van der Waals surface area contributed by atoms with Crippen molar-refractivity contribution in [2.75, 3.05) is 18.6 Å². The quantitative estimate of drug-likeness (QED) is 0.198. The van der Waals surface area contributed by atoms with Crippen LogP contribution in [0.15, 0.2) is 122 Å². The van der Waals surface area contributed by atoms with Gasteiger partial charge in [-0.05, 0) is 60.5 Å². The van der Waals surface area contributed by atoms with Gasteiger partial charge in [-0.1, -0.05) is 95.4 Å². The predicted octanol–water partition coefficient (Wildman–Crippen LogP) is 6.82. The second-order valence-electron chi connectivity index (χ2n) is 10.3. The Balaban J connectivity index is 1.41. The van der Waals surface area contributed by atoms with E-state index in [1.807, 2.05) is 66.7 Å². The third-order valence-electron chi connectivity index (χ3n) is 7.65. The van der Waals surface area contributed by atoms with Gasteiger partial charge in [0.05, 0.1) is 39.8 Å². The Kier molecular flexibility index (Phi) is 7.50. The van der Waals surface area contributed by atoms with Gasteiger partial charge < -0.3 is 9.64 Å². The number of esters is 1. The number of carbonyl (C=O) groups excluding carboxylic acids is 1. The summed E-state index contributed by atoms with van der Waals surface area (Å²) in [6.45, 7) is 1.96. The van der Waals surface area contributed by atoms with Gasteiger partial charge in [-0.15, -0.1) is 0 Å². The molecule has 0 unspecified atom stereocenters. The van der Waals surface area contributed by atoms with Crippen molar-refractivity contribution in [1.82, 2.24) is 4.57 Å². The van der Waals surface area contributed by atoms with E-state index in [4.69, 9.17) is 21.3 Å². The first kappa shape index (κ1) is 28.4. The highest BCUT2D eigenvalue weighted by atomic mass is 35.5. The molecule has 3 heterocycles. The highest BCUT2D eigenvalue weighted by molar-refractivity contribution is 7.99. The number of para-hydroxylation sites is 1. The minimum atomic E-state index is -0.746. The summed E-state index contributed by atoms with van der Waals surface area (Å²) in [5.41, 5.74) is 5.26.